The lowest BCUT2D eigenvalue weighted by Crippen LogP contribution is -2.57. The third-order valence-corrected chi connectivity index (χ3v) is 12.2. The molecule has 5 aliphatic carbocycles. The third-order valence-electron chi connectivity index (χ3n) is 12.2. The van der Waals surface area contributed by atoms with Gasteiger partial charge in [0, 0.05) is 24.5 Å². The molecule has 33 heavy (non-hydrogen) atoms. The van der Waals surface area contributed by atoms with Crippen molar-refractivity contribution < 1.29 is 19.4 Å². The van der Waals surface area contributed by atoms with Crippen LogP contribution in [0.25, 0.3) is 0 Å². The maximum atomic E-state index is 12.0. The Balaban J connectivity index is 1.33. The molecule has 5 saturated carbocycles. The van der Waals surface area contributed by atoms with Crippen LogP contribution in [-0.2, 0) is 14.3 Å². The first-order valence-electron chi connectivity index (χ1n) is 13.7. The minimum Gasteiger partial charge on any atom is -0.463 e. The van der Waals surface area contributed by atoms with E-state index in [9.17, 15) is 9.90 Å². The zero-order valence-electron chi connectivity index (χ0n) is 21.6. The maximum Gasteiger partial charge on any atom is 0.333 e. The van der Waals surface area contributed by atoms with Crippen LogP contribution in [0.4, 0.5) is 0 Å². The third kappa shape index (κ3) is 3.18. The van der Waals surface area contributed by atoms with Gasteiger partial charge in [-0.3, -0.25) is 0 Å². The molecule has 11 atom stereocenters. The monoisotopic (exact) mass is 458 g/mol. The van der Waals surface area contributed by atoms with Gasteiger partial charge in [-0.2, -0.15) is 0 Å². The van der Waals surface area contributed by atoms with Gasteiger partial charge in [0.05, 0.1) is 18.8 Å². The molecule has 2 unspecified atom stereocenters. The minimum absolute atomic E-state index is 0.158. The number of aliphatic hydroxyl groups excluding tert-OH is 1. The Morgan fingerprint density at radius 2 is 1.91 bits per heavy atom. The molecule has 186 valence electrons. The smallest absolute Gasteiger partial charge is 0.333 e. The first-order chi connectivity index (χ1) is 15.6. The summed E-state index contributed by atoms with van der Waals surface area (Å²) in [6, 6.07) is 0. The predicted octanol–water partition coefficient (Wildman–Crippen LogP) is 5.78. The summed E-state index contributed by atoms with van der Waals surface area (Å²) in [5, 5.41) is 11.1. The Labute approximate surface area is 200 Å². The molecule has 0 aromatic heterocycles. The van der Waals surface area contributed by atoms with Gasteiger partial charge in [-0.15, -0.1) is 0 Å². The van der Waals surface area contributed by atoms with Crippen LogP contribution >= 0.6 is 0 Å². The fourth-order valence-electron chi connectivity index (χ4n) is 10.5. The molecule has 0 heterocycles. The number of aliphatic hydroxyl groups is 1. The normalized spacial score (nSPS) is 49.3. The van der Waals surface area contributed by atoms with Crippen molar-refractivity contribution in [2.75, 3.05) is 13.7 Å². The van der Waals surface area contributed by atoms with E-state index in [1.807, 2.05) is 7.11 Å². The molecular weight excluding hydrogens is 412 g/mol. The number of fused-ring (bicyclic) bond motifs is 4. The predicted molar refractivity (Wildman–Crippen MR) is 129 cm³/mol. The topological polar surface area (TPSA) is 55.8 Å². The van der Waals surface area contributed by atoms with E-state index in [1.165, 1.54) is 51.4 Å². The highest BCUT2D eigenvalue weighted by Crippen LogP contribution is 2.82. The molecule has 4 nitrogen and oxygen atoms in total. The van der Waals surface area contributed by atoms with Crippen molar-refractivity contribution in [3.8, 4) is 0 Å². The molecule has 1 spiro atoms. The average molecular weight is 459 g/mol. The van der Waals surface area contributed by atoms with Crippen LogP contribution in [0.1, 0.15) is 85.5 Å². The summed E-state index contributed by atoms with van der Waals surface area (Å²) in [5.41, 5.74) is 1.61. The fraction of sp³-hybridized carbons (Fsp3) is 0.897. The van der Waals surface area contributed by atoms with Crippen molar-refractivity contribution in [2.24, 2.45) is 51.8 Å². The Hall–Kier alpha value is -0.870. The second-order valence-corrected chi connectivity index (χ2v) is 12.9. The Kier molecular flexibility index (Phi) is 5.84. The van der Waals surface area contributed by atoms with Crippen molar-refractivity contribution >= 4 is 5.97 Å². The first-order valence-corrected chi connectivity index (χ1v) is 13.7. The maximum absolute atomic E-state index is 12.0. The molecule has 1 N–H and O–H groups in total. The lowest BCUT2D eigenvalue weighted by Gasteiger charge is -2.61. The highest BCUT2D eigenvalue weighted by atomic mass is 16.5. The number of hydrogen-bond donors (Lipinski definition) is 1. The molecule has 0 aliphatic heterocycles. The summed E-state index contributed by atoms with van der Waals surface area (Å²) >= 11 is 0. The van der Waals surface area contributed by atoms with Crippen LogP contribution in [0.2, 0.25) is 0 Å². The molecule has 5 fully saturated rings. The Bertz CT molecular complexity index is 807. The van der Waals surface area contributed by atoms with Gasteiger partial charge >= 0.3 is 5.97 Å². The molecule has 5 rings (SSSR count). The number of carbonyl (C=O) groups excluding carboxylic acids is 1. The van der Waals surface area contributed by atoms with Crippen molar-refractivity contribution in [3.05, 3.63) is 12.2 Å². The largest absolute Gasteiger partial charge is 0.463 e. The van der Waals surface area contributed by atoms with E-state index < -0.39 is 6.10 Å². The summed E-state index contributed by atoms with van der Waals surface area (Å²) in [5.74, 6) is 3.53. The van der Waals surface area contributed by atoms with Gasteiger partial charge in [0.25, 0.3) is 0 Å². The molecule has 0 saturated heterocycles. The van der Waals surface area contributed by atoms with E-state index in [1.54, 1.807) is 6.92 Å². The van der Waals surface area contributed by atoms with Gasteiger partial charge in [-0.05, 0) is 105 Å². The molecule has 0 aromatic rings. The summed E-state index contributed by atoms with van der Waals surface area (Å²) in [7, 11) is 1.96. The van der Waals surface area contributed by atoms with Crippen LogP contribution in [0.15, 0.2) is 12.2 Å². The molecule has 0 bridgehead atoms. The molecule has 0 radical (unpaired) electrons. The zero-order valence-corrected chi connectivity index (χ0v) is 21.6. The average Bonchev–Trinajstić information content (AvgIpc) is 3.29. The van der Waals surface area contributed by atoms with Gasteiger partial charge < -0.3 is 14.6 Å². The number of esters is 1. The second-order valence-electron chi connectivity index (χ2n) is 12.9. The summed E-state index contributed by atoms with van der Waals surface area (Å²) < 4.78 is 11.3. The molecule has 0 aromatic carbocycles. The van der Waals surface area contributed by atoms with Gasteiger partial charge in [-0.25, -0.2) is 4.79 Å². The van der Waals surface area contributed by atoms with Crippen molar-refractivity contribution in [1.82, 2.24) is 0 Å². The minimum atomic E-state index is -0.541. The van der Waals surface area contributed by atoms with Gasteiger partial charge in [-0.1, -0.05) is 27.4 Å². The first kappa shape index (κ1) is 23.9. The van der Waals surface area contributed by atoms with Crippen LogP contribution in [0, 0.1) is 51.8 Å². The summed E-state index contributed by atoms with van der Waals surface area (Å²) in [4.78, 5) is 12.0. The van der Waals surface area contributed by atoms with Crippen LogP contribution in [-0.4, -0.2) is 37.0 Å². The van der Waals surface area contributed by atoms with Crippen LogP contribution in [0.5, 0.6) is 0 Å². The number of rotatable bonds is 7. The standard InChI is InChI=1S/C29H46O4/c1-7-33-26(31)17(2)14-24(30)18(3)21-8-9-22-20-15-25(32-6)29-16-19(29)10-13-28(29,5)23(20)11-12-27(21,22)4/h18-25,30H,2,7-16H2,1,3-6H3/t18-,19?,20-,21+,22-,23-,24-,25+,27+,28+,29?/m0/s1. The zero-order chi connectivity index (χ0) is 23.8. The number of ether oxygens (including phenoxy) is 2. The molecule has 4 heteroatoms. The van der Waals surface area contributed by atoms with E-state index in [-0.39, 0.29) is 17.3 Å². The lowest BCUT2D eigenvalue weighted by atomic mass is 9.45. The number of methoxy groups -OCH3 is 1. The van der Waals surface area contributed by atoms with Crippen LogP contribution in [0.3, 0.4) is 0 Å². The van der Waals surface area contributed by atoms with E-state index in [2.05, 4.69) is 27.4 Å². The summed E-state index contributed by atoms with van der Waals surface area (Å²) in [6.45, 7) is 13.4. The fourth-order valence-corrected chi connectivity index (χ4v) is 10.5. The summed E-state index contributed by atoms with van der Waals surface area (Å²) in [6.07, 6.45) is 10.8. The molecular formula is C29H46O4. The van der Waals surface area contributed by atoms with E-state index in [0.29, 0.717) is 41.5 Å². The van der Waals surface area contributed by atoms with E-state index in [0.717, 1.165) is 23.7 Å². The SMILES string of the molecule is C=C(C[C@H](O)[C@@H](C)[C@H]1CC[C@H]2[C@@H]3C[C@@H](OC)C45CC4CC[C@]5(C)[C@H]3CC[C@]12C)C(=O)OCC. The number of carbonyl (C=O) groups is 1. The lowest BCUT2D eigenvalue weighted by molar-refractivity contribution is -0.162. The van der Waals surface area contributed by atoms with E-state index in [4.69, 9.17) is 9.47 Å². The second kappa shape index (κ2) is 8.08. The van der Waals surface area contributed by atoms with E-state index >= 15 is 0 Å². The van der Waals surface area contributed by atoms with Gasteiger partial charge in [0.15, 0.2) is 0 Å². The van der Waals surface area contributed by atoms with Crippen molar-refractivity contribution in [2.45, 2.75) is 97.7 Å². The van der Waals surface area contributed by atoms with Crippen LogP contribution < -0.4 is 0 Å². The Morgan fingerprint density at radius 3 is 2.58 bits per heavy atom. The quantitative estimate of drug-likeness (QED) is 0.388. The van der Waals surface area contributed by atoms with Crippen molar-refractivity contribution in [1.29, 1.82) is 0 Å². The molecule has 0 amide bonds. The molecule has 5 aliphatic rings. The highest BCUT2D eigenvalue weighted by molar-refractivity contribution is 5.87. The van der Waals surface area contributed by atoms with Gasteiger partial charge in [0.2, 0.25) is 0 Å². The van der Waals surface area contributed by atoms with Crippen molar-refractivity contribution in [3.63, 3.8) is 0 Å². The Morgan fingerprint density at radius 1 is 1.15 bits per heavy atom. The number of hydrogen-bond acceptors (Lipinski definition) is 4. The highest BCUT2D eigenvalue weighted by Gasteiger charge is 2.77. The van der Waals surface area contributed by atoms with Gasteiger partial charge in [0.1, 0.15) is 0 Å².